The van der Waals surface area contributed by atoms with Crippen LogP contribution in [0.4, 0.5) is 4.39 Å². The fraction of sp³-hybridized carbons (Fsp3) is 0.294. The van der Waals surface area contributed by atoms with E-state index in [2.05, 4.69) is 0 Å². The maximum absolute atomic E-state index is 14.0. The first-order valence-electron chi connectivity index (χ1n) is 7.00. The van der Waals surface area contributed by atoms with E-state index in [1.54, 1.807) is 17.8 Å². The van der Waals surface area contributed by atoms with Crippen LogP contribution < -0.4 is 5.73 Å². The van der Waals surface area contributed by atoms with Crippen molar-refractivity contribution in [1.29, 1.82) is 0 Å². The number of hydrogen-bond acceptors (Lipinski definition) is 2. The van der Waals surface area contributed by atoms with Crippen LogP contribution in [0.15, 0.2) is 47.4 Å². The molecule has 4 heteroatoms. The molecule has 0 amide bonds. The summed E-state index contributed by atoms with van der Waals surface area (Å²) in [7, 11) is 0. The second kappa shape index (κ2) is 7.83. The first kappa shape index (κ1) is 16.3. The van der Waals surface area contributed by atoms with Crippen molar-refractivity contribution < 1.29 is 4.39 Å². The summed E-state index contributed by atoms with van der Waals surface area (Å²) in [4.78, 5) is 0.967. The van der Waals surface area contributed by atoms with Crippen LogP contribution in [0.1, 0.15) is 24.5 Å². The van der Waals surface area contributed by atoms with Gasteiger partial charge in [0.15, 0.2) is 0 Å². The maximum Gasteiger partial charge on any atom is 0.127 e. The second-order valence-electron chi connectivity index (χ2n) is 5.00. The van der Waals surface area contributed by atoms with Gasteiger partial charge in [-0.3, -0.25) is 0 Å². The molecule has 1 atom stereocenters. The van der Waals surface area contributed by atoms with E-state index in [0.717, 1.165) is 27.7 Å². The number of hydrogen-bond donors (Lipinski definition) is 1. The molecule has 1 nitrogen and oxygen atoms in total. The van der Waals surface area contributed by atoms with Crippen LogP contribution >= 0.6 is 23.4 Å². The Hall–Kier alpha value is -1.03. The summed E-state index contributed by atoms with van der Waals surface area (Å²) in [6.45, 7) is 2.02. The molecule has 0 aliphatic heterocycles. The standard InChI is InChI=1S/C17H19ClFNS/c1-2-14(20)10-15-16(19)4-3-5-17(15)21-11-12-6-8-13(18)9-7-12/h3-9,14H,2,10-11,20H2,1H3. The topological polar surface area (TPSA) is 26.0 Å². The monoisotopic (exact) mass is 323 g/mol. The van der Waals surface area contributed by atoms with Gasteiger partial charge >= 0.3 is 0 Å². The largest absolute Gasteiger partial charge is 0.327 e. The molecule has 0 saturated carbocycles. The van der Waals surface area contributed by atoms with Crippen molar-refractivity contribution in [3.8, 4) is 0 Å². The van der Waals surface area contributed by atoms with Crippen molar-refractivity contribution in [2.24, 2.45) is 5.73 Å². The fourth-order valence-corrected chi connectivity index (χ4v) is 3.19. The first-order chi connectivity index (χ1) is 10.1. The molecule has 1 unspecified atom stereocenters. The van der Waals surface area contributed by atoms with Gasteiger partial charge in [0, 0.05) is 27.3 Å². The third kappa shape index (κ3) is 4.73. The van der Waals surface area contributed by atoms with Crippen LogP contribution in [0.2, 0.25) is 5.02 Å². The molecule has 0 aliphatic rings. The fourth-order valence-electron chi connectivity index (χ4n) is 2.02. The Morgan fingerprint density at radius 3 is 2.57 bits per heavy atom. The summed E-state index contributed by atoms with van der Waals surface area (Å²) in [5.74, 6) is 0.620. The van der Waals surface area contributed by atoms with Gasteiger partial charge in [-0.05, 0) is 42.7 Å². The number of nitrogens with two attached hydrogens (primary N) is 1. The van der Waals surface area contributed by atoms with E-state index in [0.29, 0.717) is 6.42 Å². The summed E-state index contributed by atoms with van der Waals surface area (Å²) < 4.78 is 14.0. The average Bonchev–Trinajstić information content (AvgIpc) is 2.49. The van der Waals surface area contributed by atoms with Gasteiger partial charge in [-0.25, -0.2) is 4.39 Å². The minimum Gasteiger partial charge on any atom is -0.327 e. The highest BCUT2D eigenvalue weighted by atomic mass is 35.5. The molecule has 0 spiro atoms. The molecule has 2 N–H and O–H groups in total. The molecule has 21 heavy (non-hydrogen) atoms. The summed E-state index contributed by atoms with van der Waals surface area (Å²) >= 11 is 7.51. The van der Waals surface area contributed by atoms with Gasteiger partial charge in [0.1, 0.15) is 5.82 Å². The van der Waals surface area contributed by atoms with Crippen molar-refractivity contribution in [1.82, 2.24) is 0 Å². The highest BCUT2D eigenvalue weighted by molar-refractivity contribution is 7.98. The molecule has 0 aromatic heterocycles. The summed E-state index contributed by atoms with van der Waals surface area (Å²) in [5.41, 5.74) is 7.87. The van der Waals surface area contributed by atoms with Gasteiger partial charge in [-0.1, -0.05) is 36.7 Å². The maximum atomic E-state index is 14.0. The Morgan fingerprint density at radius 1 is 1.19 bits per heavy atom. The second-order valence-corrected chi connectivity index (χ2v) is 6.46. The van der Waals surface area contributed by atoms with Gasteiger partial charge in [0.05, 0.1) is 0 Å². The zero-order valence-electron chi connectivity index (χ0n) is 12.0. The van der Waals surface area contributed by atoms with Crippen LogP contribution in [0, 0.1) is 5.82 Å². The Labute approximate surface area is 134 Å². The molecule has 2 aromatic rings. The lowest BCUT2D eigenvalue weighted by Gasteiger charge is -2.14. The molecule has 112 valence electrons. The first-order valence-corrected chi connectivity index (χ1v) is 8.36. The van der Waals surface area contributed by atoms with Crippen molar-refractivity contribution in [2.45, 2.75) is 36.5 Å². The lowest BCUT2D eigenvalue weighted by Crippen LogP contribution is -2.22. The number of thioether (sulfide) groups is 1. The molecule has 2 aromatic carbocycles. The van der Waals surface area contributed by atoms with Crippen LogP contribution in [0.25, 0.3) is 0 Å². The van der Waals surface area contributed by atoms with E-state index in [1.807, 2.05) is 37.3 Å². The highest BCUT2D eigenvalue weighted by Crippen LogP contribution is 2.29. The molecule has 0 radical (unpaired) electrons. The minimum absolute atomic E-state index is 0.00298. The van der Waals surface area contributed by atoms with Crippen molar-refractivity contribution in [2.75, 3.05) is 0 Å². The van der Waals surface area contributed by atoms with Crippen molar-refractivity contribution >= 4 is 23.4 Å². The van der Waals surface area contributed by atoms with E-state index in [4.69, 9.17) is 17.3 Å². The Kier molecular flexibility index (Phi) is 6.09. The molecule has 0 bridgehead atoms. The van der Waals surface area contributed by atoms with Crippen LogP contribution in [-0.2, 0) is 12.2 Å². The predicted octanol–water partition coefficient (Wildman–Crippen LogP) is 5.05. The number of benzene rings is 2. The third-order valence-corrected chi connectivity index (χ3v) is 4.80. The van der Waals surface area contributed by atoms with Gasteiger partial charge in [-0.2, -0.15) is 0 Å². The van der Waals surface area contributed by atoms with Crippen LogP contribution in [0.3, 0.4) is 0 Å². The zero-order valence-corrected chi connectivity index (χ0v) is 13.6. The van der Waals surface area contributed by atoms with Crippen LogP contribution in [-0.4, -0.2) is 6.04 Å². The smallest absolute Gasteiger partial charge is 0.127 e. The molecule has 0 aliphatic carbocycles. The molecule has 0 saturated heterocycles. The summed E-state index contributed by atoms with van der Waals surface area (Å²) in [6, 6.07) is 12.9. The Morgan fingerprint density at radius 2 is 1.90 bits per heavy atom. The SMILES string of the molecule is CCC(N)Cc1c(F)cccc1SCc1ccc(Cl)cc1. The lowest BCUT2D eigenvalue weighted by molar-refractivity contribution is 0.571. The summed E-state index contributed by atoms with van der Waals surface area (Å²) in [5, 5.41) is 0.726. The van der Waals surface area contributed by atoms with Crippen molar-refractivity contribution in [3.63, 3.8) is 0 Å². The van der Waals surface area contributed by atoms with E-state index >= 15 is 0 Å². The molecule has 0 fully saturated rings. The molecular formula is C17H19ClFNS. The van der Waals surface area contributed by atoms with Crippen molar-refractivity contribution in [3.05, 3.63) is 64.4 Å². The highest BCUT2D eigenvalue weighted by Gasteiger charge is 2.12. The normalized spacial score (nSPS) is 12.4. The third-order valence-electron chi connectivity index (χ3n) is 3.37. The number of rotatable bonds is 6. The van der Waals surface area contributed by atoms with Gasteiger partial charge in [0.25, 0.3) is 0 Å². The van der Waals surface area contributed by atoms with Crippen LogP contribution in [0.5, 0.6) is 0 Å². The minimum atomic E-state index is -0.167. The van der Waals surface area contributed by atoms with E-state index < -0.39 is 0 Å². The van der Waals surface area contributed by atoms with Gasteiger partial charge < -0.3 is 5.73 Å². The molecule has 2 rings (SSSR count). The number of halogens is 2. The van der Waals surface area contributed by atoms with E-state index in [9.17, 15) is 4.39 Å². The molecular weight excluding hydrogens is 305 g/mol. The zero-order chi connectivity index (χ0) is 15.2. The van der Waals surface area contributed by atoms with E-state index in [-0.39, 0.29) is 11.9 Å². The molecule has 0 heterocycles. The Bertz CT molecular complexity index is 586. The Balaban J connectivity index is 2.12. The van der Waals surface area contributed by atoms with E-state index in [1.165, 1.54) is 11.6 Å². The quantitative estimate of drug-likeness (QED) is 0.753. The lowest BCUT2D eigenvalue weighted by atomic mass is 10.0. The summed E-state index contributed by atoms with van der Waals surface area (Å²) in [6.07, 6.45) is 1.42. The van der Waals surface area contributed by atoms with Gasteiger partial charge in [0.2, 0.25) is 0 Å². The average molecular weight is 324 g/mol. The predicted molar refractivity (Wildman–Crippen MR) is 89.4 cm³/mol. The van der Waals surface area contributed by atoms with Gasteiger partial charge in [-0.15, -0.1) is 11.8 Å².